The first kappa shape index (κ1) is 17.4. The largest absolute Gasteiger partial charge is 0.496 e. The normalized spacial score (nSPS) is 13.8. The molecular weight excluding hydrogens is 274 g/mol. The molecule has 0 aliphatic carbocycles. The van der Waals surface area contributed by atoms with Crippen LogP contribution in [0.1, 0.15) is 29.2 Å². The molecule has 4 N–H and O–H groups in total. The Morgan fingerprint density at radius 2 is 2.05 bits per heavy atom. The first-order valence-electron chi connectivity index (χ1n) is 6.80. The number of ether oxygens (including phenoxy) is 1. The van der Waals surface area contributed by atoms with Gasteiger partial charge in [-0.3, -0.25) is 4.79 Å². The van der Waals surface area contributed by atoms with Crippen molar-refractivity contribution in [2.24, 2.45) is 0 Å². The van der Waals surface area contributed by atoms with Gasteiger partial charge in [0.2, 0.25) is 0 Å². The predicted octanol–water partition coefficient (Wildman–Crippen LogP) is 0.771. The number of methoxy groups -OCH3 is 1. The van der Waals surface area contributed by atoms with Crippen LogP contribution in [0.4, 0.5) is 0 Å². The van der Waals surface area contributed by atoms with Crippen LogP contribution in [0.25, 0.3) is 0 Å². The van der Waals surface area contributed by atoms with Crippen molar-refractivity contribution >= 4 is 5.97 Å². The molecular formula is C15H23NO5. The lowest BCUT2D eigenvalue weighted by Gasteiger charge is -2.25. The summed E-state index contributed by atoms with van der Waals surface area (Å²) in [6.07, 6.45) is -1.29. The van der Waals surface area contributed by atoms with Gasteiger partial charge in [-0.1, -0.05) is 11.6 Å². The maximum absolute atomic E-state index is 11.0. The van der Waals surface area contributed by atoms with Crippen LogP contribution in [0.2, 0.25) is 0 Å². The number of rotatable bonds is 8. The average molecular weight is 297 g/mol. The van der Waals surface area contributed by atoms with Crippen molar-refractivity contribution in [3.63, 3.8) is 0 Å². The first-order valence-corrected chi connectivity index (χ1v) is 6.80. The molecule has 118 valence electrons. The van der Waals surface area contributed by atoms with Crippen LogP contribution in [-0.2, 0) is 4.79 Å². The number of hydrogen-bond acceptors (Lipinski definition) is 5. The Labute approximate surface area is 124 Å². The molecule has 0 saturated heterocycles. The van der Waals surface area contributed by atoms with E-state index in [2.05, 4.69) is 5.32 Å². The molecule has 0 bridgehead atoms. The van der Waals surface area contributed by atoms with Crippen LogP contribution in [-0.4, -0.2) is 47.6 Å². The molecule has 2 unspecified atom stereocenters. The van der Waals surface area contributed by atoms with E-state index in [1.54, 1.807) is 6.07 Å². The van der Waals surface area contributed by atoms with Crippen molar-refractivity contribution in [3.05, 3.63) is 28.8 Å². The maximum atomic E-state index is 11.0. The van der Waals surface area contributed by atoms with Gasteiger partial charge in [0.25, 0.3) is 0 Å². The molecule has 0 spiro atoms. The minimum atomic E-state index is -1.04. The summed E-state index contributed by atoms with van der Waals surface area (Å²) < 4.78 is 5.33. The van der Waals surface area contributed by atoms with E-state index < -0.39 is 18.1 Å². The van der Waals surface area contributed by atoms with Gasteiger partial charge in [-0.25, -0.2) is 0 Å². The third kappa shape index (κ3) is 4.70. The molecule has 0 fully saturated rings. The number of carboxylic acids is 1. The Hall–Kier alpha value is -1.63. The van der Waals surface area contributed by atoms with Gasteiger partial charge in [0, 0.05) is 18.2 Å². The summed E-state index contributed by atoms with van der Waals surface area (Å²) >= 11 is 0. The number of aliphatic hydroxyl groups excluding tert-OH is 2. The van der Waals surface area contributed by atoms with Crippen molar-refractivity contribution in [3.8, 4) is 5.75 Å². The van der Waals surface area contributed by atoms with Crippen molar-refractivity contribution in [1.82, 2.24) is 5.32 Å². The fraction of sp³-hybridized carbons (Fsp3) is 0.533. The molecule has 6 nitrogen and oxygen atoms in total. The van der Waals surface area contributed by atoms with E-state index in [1.807, 2.05) is 19.9 Å². The standard InChI is InChI=1S/C15H23NO5/c1-9-6-10(2)15(21-3)11(7-9)14(20)12(8-13(18)19)16-4-5-17/h6-7,12,14,16-17,20H,4-5,8H2,1-3H3,(H,18,19). The zero-order valence-corrected chi connectivity index (χ0v) is 12.6. The van der Waals surface area contributed by atoms with Crippen LogP contribution in [0.5, 0.6) is 5.75 Å². The SMILES string of the molecule is COc1c(C)cc(C)cc1C(O)C(CC(=O)O)NCCO. The molecule has 2 atom stereocenters. The number of carbonyl (C=O) groups is 1. The highest BCUT2D eigenvalue weighted by Crippen LogP contribution is 2.32. The molecule has 0 heterocycles. The third-order valence-corrected chi connectivity index (χ3v) is 3.26. The summed E-state index contributed by atoms with van der Waals surface area (Å²) in [6.45, 7) is 3.85. The molecule has 1 aromatic rings. The van der Waals surface area contributed by atoms with E-state index in [4.69, 9.17) is 14.9 Å². The van der Waals surface area contributed by atoms with E-state index in [0.29, 0.717) is 11.3 Å². The summed E-state index contributed by atoms with van der Waals surface area (Å²) in [5, 5.41) is 31.2. The fourth-order valence-corrected chi connectivity index (χ4v) is 2.44. The smallest absolute Gasteiger partial charge is 0.305 e. The number of aliphatic hydroxyl groups is 2. The highest BCUT2D eigenvalue weighted by atomic mass is 16.5. The maximum Gasteiger partial charge on any atom is 0.305 e. The molecule has 21 heavy (non-hydrogen) atoms. The number of benzene rings is 1. The van der Waals surface area contributed by atoms with Crippen LogP contribution >= 0.6 is 0 Å². The van der Waals surface area contributed by atoms with Crippen molar-refractivity contribution in [2.45, 2.75) is 32.4 Å². The summed E-state index contributed by atoms with van der Waals surface area (Å²) in [5.74, 6) is -0.470. The topological polar surface area (TPSA) is 99.0 Å². The molecule has 0 amide bonds. The zero-order valence-electron chi connectivity index (χ0n) is 12.6. The Morgan fingerprint density at radius 1 is 1.38 bits per heavy atom. The lowest BCUT2D eigenvalue weighted by Crippen LogP contribution is -2.38. The molecule has 0 saturated carbocycles. The van der Waals surface area contributed by atoms with E-state index >= 15 is 0 Å². The number of carboxylic acid groups (broad SMARTS) is 1. The molecule has 0 aliphatic heterocycles. The van der Waals surface area contributed by atoms with Crippen LogP contribution in [0.3, 0.4) is 0 Å². The second kappa shape index (κ2) is 7.97. The minimum Gasteiger partial charge on any atom is -0.496 e. The summed E-state index contributed by atoms with van der Waals surface area (Å²) in [7, 11) is 1.52. The summed E-state index contributed by atoms with van der Waals surface area (Å²) in [4.78, 5) is 11.0. The molecule has 0 aliphatic rings. The lowest BCUT2D eigenvalue weighted by atomic mass is 9.95. The van der Waals surface area contributed by atoms with Crippen molar-refractivity contribution in [2.75, 3.05) is 20.3 Å². The van der Waals surface area contributed by atoms with Gasteiger partial charge >= 0.3 is 5.97 Å². The third-order valence-electron chi connectivity index (χ3n) is 3.26. The number of hydrogen-bond donors (Lipinski definition) is 4. The van der Waals surface area contributed by atoms with E-state index in [-0.39, 0.29) is 19.6 Å². The highest BCUT2D eigenvalue weighted by Gasteiger charge is 2.26. The predicted molar refractivity (Wildman–Crippen MR) is 78.6 cm³/mol. The van der Waals surface area contributed by atoms with E-state index in [0.717, 1.165) is 11.1 Å². The minimum absolute atomic E-state index is 0.132. The molecule has 0 aromatic heterocycles. The van der Waals surface area contributed by atoms with Crippen molar-refractivity contribution < 1.29 is 24.9 Å². The Bertz CT molecular complexity index is 489. The second-order valence-corrected chi connectivity index (χ2v) is 5.03. The van der Waals surface area contributed by atoms with Gasteiger partial charge in [-0.2, -0.15) is 0 Å². The Balaban J connectivity index is 3.12. The van der Waals surface area contributed by atoms with Gasteiger partial charge in [-0.05, 0) is 25.5 Å². The van der Waals surface area contributed by atoms with Crippen LogP contribution < -0.4 is 10.1 Å². The lowest BCUT2D eigenvalue weighted by molar-refractivity contribution is -0.138. The van der Waals surface area contributed by atoms with Gasteiger partial charge in [0.05, 0.1) is 26.2 Å². The summed E-state index contributed by atoms with van der Waals surface area (Å²) in [5.41, 5.74) is 2.38. The monoisotopic (exact) mass is 297 g/mol. The summed E-state index contributed by atoms with van der Waals surface area (Å²) in [6, 6.07) is 3.01. The second-order valence-electron chi connectivity index (χ2n) is 5.03. The van der Waals surface area contributed by atoms with Gasteiger partial charge in [0.15, 0.2) is 0 Å². The fourth-order valence-electron chi connectivity index (χ4n) is 2.44. The quantitative estimate of drug-likeness (QED) is 0.566. The first-order chi connectivity index (χ1) is 9.90. The molecule has 0 radical (unpaired) electrons. The number of nitrogens with one attached hydrogen (secondary N) is 1. The molecule has 6 heteroatoms. The molecule has 1 rings (SSSR count). The van der Waals surface area contributed by atoms with E-state index in [1.165, 1.54) is 7.11 Å². The number of aliphatic carboxylic acids is 1. The van der Waals surface area contributed by atoms with Gasteiger partial charge in [0.1, 0.15) is 5.75 Å². The van der Waals surface area contributed by atoms with Gasteiger partial charge < -0.3 is 25.4 Å². The average Bonchev–Trinajstić information content (AvgIpc) is 2.41. The number of aryl methyl sites for hydroxylation is 2. The van der Waals surface area contributed by atoms with Crippen LogP contribution in [0.15, 0.2) is 12.1 Å². The van der Waals surface area contributed by atoms with E-state index in [9.17, 15) is 9.90 Å². The van der Waals surface area contributed by atoms with Gasteiger partial charge in [-0.15, -0.1) is 0 Å². The molecule has 1 aromatic carbocycles. The zero-order chi connectivity index (χ0) is 16.0. The van der Waals surface area contributed by atoms with Crippen LogP contribution in [0, 0.1) is 13.8 Å². The Morgan fingerprint density at radius 3 is 2.57 bits per heavy atom. The van der Waals surface area contributed by atoms with Crippen molar-refractivity contribution in [1.29, 1.82) is 0 Å². The Kier molecular flexibility index (Phi) is 6.61. The highest BCUT2D eigenvalue weighted by molar-refractivity contribution is 5.67.